The van der Waals surface area contributed by atoms with E-state index in [1.54, 1.807) is 22.9 Å². The van der Waals surface area contributed by atoms with Crippen LogP contribution in [0.5, 0.6) is 0 Å². The zero-order chi connectivity index (χ0) is 29.1. The van der Waals surface area contributed by atoms with E-state index >= 15 is 0 Å². The number of benzene rings is 2. The van der Waals surface area contributed by atoms with Crippen LogP contribution in [-0.4, -0.2) is 33.0 Å². The fraction of sp³-hybridized carbons (Fsp3) is 0.276. The zero-order valence-electron chi connectivity index (χ0n) is 21.7. The molecule has 2 aromatic carbocycles. The third-order valence-electron chi connectivity index (χ3n) is 6.66. The van der Waals surface area contributed by atoms with Gasteiger partial charge < -0.3 is 10.8 Å². The molecule has 6 nitrogen and oxygen atoms in total. The number of rotatable bonds is 6. The Morgan fingerprint density at radius 1 is 1.02 bits per heavy atom. The maximum absolute atomic E-state index is 12.9. The van der Waals surface area contributed by atoms with Crippen LogP contribution in [0, 0.1) is 11.8 Å². The maximum Gasteiger partial charge on any atom is 0.416 e. The van der Waals surface area contributed by atoms with E-state index in [2.05, 4.69) is 17.3 Å². The minimum Gasteiger partial charge on any atom is -0.371 e. The van der Waals surface area contributed by atoms with Crippen LogP contribution in [0.4, 0.5) is 13.2 Å². The maximum atomic E-state index is 12.9. The lowest BCUT2D eigenvalue weighted by Gasteiger charge is -2.29. The highest BCUT2D eigenvalue weighted by Gasteiger charge is 2.30. The standard InChI is InChI=1S/C29H26Cl2F3N5OS/c30-20-9-12-24(23(31)16-20)39-27(22(17-35)26(36-39)28(40)37-38-14-2-1-3-15-38)25-13-11-21(41-25)10-6-18-4-7-19(8-5-18)29(32,33)34/h4-5,7-9,11-13,16,28,37,40H,1-3,14-15,17,35H2. The Balaban J connectivity index is 1.52. The molecule has 1 atom stereocenters. The number of thiophene rings is 1. The summed E-state index contributed by atoms with van der Waals surface area (Å²) in [5.74, 6) is 5.94. The number of aliphatic hydroxyl groups is 1. The summed E-state index contributed by atoms with van der Waals surface area (Å²) in [5, 5.41) is 18.8. The first-order chi connectivity index (χ1) is 19.6. The van der Waals surface area contributed by atoms with E-state index in [1.165, 1.54) is 23.5 Å². The van der Waals surface area contributed by atoms with E-state index in [0.717, 1.165) is 49.4 Å². The lowest BCUT2D eigenvalue weighted by Crippen LogP contribution is -2.44. The van der Waals surface area contributed by atoms with E-state index in [4.69, 9.17) is 34.0 Å². The highest BCUT2D eigenvalue weighted by Crippen LogP contribution is 2.37. The fourth-order valence-electron chi connectivity index (χ4n) is 4.63. The minimum atomic E-state index is -4.40. The molecule has 0 aliphatic carbocycles. The number of alkyl halides is 3. The van der Waals surface area contributed by atoms with Crippen molar-refractivity contribution in [3.05, 3.63) is 91.9 Å². The predicted octanol–water partition coefficient (Wildman–Crippen LogP) is 6.77. The first kappa shape index (κ1) is 29.6. The second-order valence-electron chi connectivity index (χ2n) is 9.49. The summed E-state index contributed by atoms with van der Waals surface area (Å²) in [6.45, 7) is 1.73. The van der Waals surface area contributed by atoms with Gasteiger partial charge in [0.1, 0.15) is 5.69 Å². The molecule has 0 bridgehead atoms. The minimum absolute atomic E-state index is 0.0963. The van der Waals surface area contributed by atoms with Crippen LogP contribution < -0.4 is 11.2 Å². The molecule has 1 fully saturated rings. The number of halogens is 5. The molecule has 1 aliphatic heterocycles. The van der Waals surface area contributed by atoms with Gasteiger partial charge in [-0.1, -0.05) is 41.5 Å². The largest absolute Gasteiger partial charge is 0.416 e. The summed E-state index contributed by atoms with van der Waals surface area (Å²) >= 11 is 14.1. The summed E-state index contributed by atoms with van der Waals surface area (Å²) < 4.78 is 40.3. The first-order valence-corrected chi connectivity index (χ1v) is 14.5. The van der Waals surface area contributed by atoms with Crippen LogP contribution in [0.1, 0.15) is 52.8 Å². The molecule has 1 saturated heterocycles. The van der Waals surface area contributed by atoms with Crippen LogP contribution in [0.3, 0.4) is 0 Å². The van der Waals surface area contributed by atoms with Crippen molar-refractivity contribution in [2.75, 3.05) is 13.1 Å². The van der Waals surface area contributed by atoms with Gasteiger partial charge in [0.2, 0.25) is 0 Å². The van der Waals surface area contributed by atoms with Gasteiger partial charge in [-0.25, -0.2) is 15.1 Å². The van der Waals surface area contributed by atoms with Gasteiger partial charge in [0.15, 0.2) is 6.23 Å². The van der Waals surface area contributed by atoms with Gasteiger partial charge in [-0.2, -0.15) is 18.3 Å². The summed E-state index contributed by atoms with van der Waals surface area (Å²) in [6.07, 6.45) is -2.28. The second kappa shape index (κ2) is 12.5. The Labute approximate surface area is 249 Å². The fourth-order valence-corrected chi connectivity index (χ4v) is 6.04. The quantitative estimate of drug-likeness (QED) is 0.164. The third kappa shape index (κ3) is 6.79. The molecular formula is C29H26Cl2F3N5OS. The van der Waals surface area contributed by atoms with Crippen molar-refractivity contribution in [3.63, 3.8) is 0 Å². The molecule has 2 aromatic heterocycles. The van der Waals surface area contributed by atoms with Gasteiger partial charge in [-0.15, -0.1) is 11.3 Å². The molecule has 4 aromatic rings. The van der Waals surface area contributed by atoms with Crippen molar-refractivity contribution >= 4 is 34.5 Å². The van der Waals surface area contributed by atoms with Crippen LogP contribution in [0.2, 0.25) is 10.0 Å². The van der Waals surface area contributed by atoms with Crippen LogP contribution >= 0.6 is 34.5 Å². The van der Waals surface area contributed by atoms with Gasteiger partial charge in [0.25, 0.3) is 0 Å². The van der Waals surface area contributed by atoms with Gasteiger partial charge in [0.05, 0.1) is 31.7 Å². The molecule has 5 rings (SSSR count). The molecule has 214 valence electrons. The number of hydrogen-bond donors (Lipinski definition) is 3. The smallest absolute Gasteiger partial charge is 0.371 e. The van der Waals surface area contributed by atoms with Gasteiger partial charge in [-0.3, -0.25) is 0 Å². The molecule has 0 saturated carbocycles. The third-order valence-corrected chi connectivity index (χ3v) is 8.20. The van der Waals surface area contributed by atoms with Crippen LogP contribution in [0.25, 0.3) is 16.3 Å². The first-order valence-electron chi connectivity index (χ1n) is 12.9. The van der Waals surface area contributed by atoms with E-state index in [1.807, 2.05) is 17.1 Å². The number of piperidine rings is 1. The van der Waals surface area contributed by atoms with Crippen molar-refractivity contribution in [3.8, 4) is 28.1 Å². The van der Waals surface area contributed by atoms with Crippen molar-refractivity contribution in [1.82, 2.24) is 20.2 Å². The van der Waals surface area contributed by atoms with Crippen molar-refractivity contribution < 1.29 is 18.3 Å². The lowest BCUT2D eigenvalue weighted by molar-refractivity contribution is -0.137. The second-order valence-corrected chi connectivity index (χ2v) is 11.4. The number of hydrazine groups is 1. The Morgan fingerprint density at radius 2 is 1.76 bits per heavy atom. The number of nitrogens with two attached hydrogens (primary N) is 1. The summed E-state index contributed by atoms with van der Waals surface area (Å²) in [5.41, 5.74) is 11.3. The van der Waals surface area contributed by atoms with Gasteiger partial charge in [-0.05, 0) is 67.4 Å². The average Bonchev–Trinajstić information content (AvgIpc) is 3.57. The predicted molar refractivity (Wildman–Crippen MR) is 156 cm³/mol. The number of nitrogens with zero attached hydrogens (tertiary/aromatic N) is 3. The molecule has 0 radical (unpaired) electrons. The van der Waals surface area contributed by atoms with Crippen molar-refractivity contribution in [2.45, 2.75) is 38.2 Å². The van der Waals surface area contributed by atoms with Crippen molar-refractivity contribution in [2.24, 2.45) is 5.73 Å². The molecule has 4 N–H and O–H groups in total. The highest BCUT2D eigenvalue weighted by atomic mass is 35.5. The Kier molecular flexibility index (Phi) is 9.06. The monoisotopic (exact) mass is 619 g/mol. The number of aromatic nitrogens is 2. The van der Waals surface area contributed by atoms with E-state index in [9.17, 15) is 18.3 Å². The van der Waals surface area contributed by atoms with E-state index in [0.29, 0.717) is 43.1 Å². The van der Waals surface area contributed by atoms with Gasteiger partial charge >= 0.3 is 6.18 Å². The van der Waals surface area contributed by atoms with E-state index < -0.39 is 18.0 Å². The highest BCUT2D eigenvalue weighted by molar-refractivity contribution is 7.16. The zero-order valence-corrected chi connectivity index (χ0v) is 24.0. The number of aliphatic hydroxyl groups excluding tert-OH is 1. The Hall–Kier alpha value is -2.88. The molecule has 0 spiro atoms. The summed E-state index contributed by atoms with van der Waals surface area (Å²) in [6, 6.07) is 13.5. The Morgan fingerprint density at radius 3 is 2.41 bits per heavy atom. The number of hydrogen-bond acceptors (Lipinski definition) is 6. The molecule has 1 unspecified atom stereocenters. The average molecular weight is 621 g/mol. The Bertz CT molecular complexity index is 1580. The molecule has 1 aliphatic rings. The molecule has 3 heterocycles. The molecule has 0 amide bonds. The summed E-state index contributed by atoms with van der Waals surface area (Å²) in [7, 11) is 0. The topological polar surface area (TPSA) is 79.3 Å². The van der Waals surface area contributed by atoms with Crippen LogP contribution in [-0.2, 0) is 12.7 Å². The van der Waals surface area contributed by atoms with Gasteiger partial charge in [0, 0.05) is 35.8 Å². The lowest BCUT2D eigenvalue weighted by atomic mass is 10.1. The summed E-state index contributed by atoms with van der Waals surface area (Å²) in [4.78, 5) is 1.46. The normalized spacial score (nSPS) is 15.0. The number of nitrogens with one attached hydrogen (secondary N) is 1. The van der Waals surface area contributed by atoms with E-state index in [-0.39, 0.29) is 6.54 Å². The van der Waals surface area contributed by atoms with Crippen LogP contribution in [0.15, 0.2) is 54.6 Å². The van der Waals surface area contributed by atoms with Crippen molar-refractivity contribution in [1.29, 1.82) is 0 Å². The SMILES string of the molecule is NCc1c(C(O)NN2CCCCC2)nn(-c2ccc(Cl)cc2Cl)c1-c1ccc(C#Cc2ccc(C(F)(F)F)cc2)s1. The molecular weight excluding hydrogens is 594 g/mol. The molecule has 12 heteroatoms. The molecule has 41 heavy (non-hydrogen) atoms.